The van der Waals surface area contributed by atoms with Crippen molar-refractivity contribution in [3.63, 3.8) is 0 Å². The van der Waals surface area contributed by atoms with Crippen molar-refractivity contribution < 1.29 is 9.53 Å². The van der Waals surface area contributed by atoms with Crippen molar-refractivity contribution >= 4 is 22.6 Å². The summed E-state index contributed by atoms with van der Waals surface area (Å²) in [5.41, 5.74) is 2.07. The largest absolute Gasteiger partial charge is 0.495 e. The number of carbonyl (C=O) groups is 1. The maximum atomic E-state index is 13.6. The summed E-state index contributed by atoms with van der Waals surface area (Å²) in [6.07, 6.45) is 0.750. The lowest BCUT2D eigenvalue weighted by Gasteiger charge is -2.30. The normalized spacial score (nSPS) is 11.7. The van der Waals surface area contributed by atoms with E-state index in [1.807, 2.05) is 74.5 Å². The summed E-state index contributed by atoms with van der Waals surface area (Å²) < 4.78 is 7.07. The first-order valence-corrected chi connectivity index (χ1v) is 11.8. The number of amides is 2. The van der Waals surface area contributed by atoms with E-state index in [9.17, 15) is 9.59 Å². The molecule has 0 saturated heterocycles. The molecule has 1 atom stereocenters. The molecule has 0 aliphatic carbocycles. The predicted molar refractivity (Wildman–Crippen MR) is 139 cm³/mol. The standard InChI is InChI=1S/C28H30N4O3/c1-4-18-31(28(34)30-24-16-10-11-17-25(24)35-3)20(2)26-29-23-15-9-8-14-22(23)27(33)32(26)19-21-12-6-5-7-13-21/h5-17,20H,4,18-19H2,1-3H3,(H,30,34). The number of urea groups is 1. The van der Waals surface area contributed by atoms with Crippen molar-refractivity contribution in [1.82, 2.24) is 14.5 Å². The van der Waals surface area contributed by atoms with Crippen LogP contribution in [-0.2, 0) is 6.54 Å². The summed E-state index contributed by atoms with van der Waals surface area (Å²) in [6.45, 7) is 4.79. The molecule has 1 unspecified atom stereocenters. The Morgan fingerprint density at radius 2 is 1.71 bits per heavy atom. The Hall–Kier alpha value is -4.13. The van der Waals surface area contributed by atoms with E-state index in [4.69, 9.17) is 9.72 Å². The molecule has 7 heteroatoms. The summed E-state index contributed by atoms with van der Waals surface area (Å²) in [7, 11) is 1.57. The molecule has 2 amide bonds. The smallest absolute Gasteiger partial charge is 0.322 e. The molecule has 0 aliphatic rings. The molecule has 1 N–H and O–H groups in total. The number of rotatable bonds is 8. The Morgan fingerprint density at radius 3 is 2.46 bits per heavy atom. The van der Waals surface area contributed by atoms with Crippen molar-refractivity contribution in [3.05, 3.63) is 101 Å². The molecule has 0 bridgehead atoms. The first-order chi connectivity index (χ1) is 17.0. The Kier molecular flexibility index (Phi) is 7.45. The number of hydrogen-bond donors (Lipinski definition) is 1. The van der Waals surface area contributed by atoms with Gasteiger partial charge < -0.3 is 15.0 Å². The van der Waals surface area contributed by atoms with Crippen LogP contribution in [0.15, 0.2) is 83.7 Å². The van der Waals surface area contributed by atoms with E-state index in [2.05, 4.69) is 5.32 Å². The van der Waals surface area contributed by atoms with Gasteiger partial charge in [-0.05, 0) is 43.2 Å². The van der Waals surface area contributed by atoms with Gasteiger partial charge in [0.05, 0.1) is 36.3 Å². The van der Waals surface area contributed by atoms with E-state index < -0.39 is 6.04 Å². The molecule has 180 valence electrons. The van der Waals surface area contributed by atoms with E-state index in [0.29, 0.717) is 41.3 Å². The van der Waals surface area contributed by atoms with Gasteiger partial charge in [-0.2, -0.15) is 0 Å². The number of benzene rings is 3. The predicted octanol–water partition coefficient (Wildman–Crippen LogP) is 5.46. The topological polar surface area (TPSA) is 76.5 Å². The van der Waals surface area contributed by atoms with Crippen LogP contribution in [-0.4, -0.2) is 34.1 Å². The quantitative estimate of drug-likeness (QED) is 0.371. The highest BCUT2D eigenvalue weighted by molar-refractivity contribution is 5.91. The van der Waals surface area contributed by atoms with E-state index in [1.54, 1.807) is 34.8 Å². The molecule has 7 nitrogen and oxygen atoms in total. The van der Waals surface area contributed by atoms with Crippen LogP contribution in [0.1, 0.15) is 37.7 Å². The number of hydrogen-bond acceptors (Lipinski definition) is 4. The number of nitrogens with zero attached hydrogens (tertiary/aromatic N) is 3. The van der Waals surface area contributed by atoms with Gasteiger partial charge in [0.25, 0.3) is 5.56 Å². The van der Waals surface area contributed by atoms with E-state index in [-0.39, 0.29) is 11.6 Å². The summed E-state index contributed by atoms with van der Waals surface area (Å²) in [4.78, 5) is 33.6. The zero-order chi connectivity index (χ0) is 24.8. The van der Waals surface area contributed by atoms with Gasteiger partial charge >= 0.3 is 6.03 Å². The maximum absolute atomic E-state index is 13.6. The third-order valence-corrected chi connectivity index (χ3v) is 5.99. The Morgan fingerprint density at radius 1 is 1.03 bits per heavy atom. The lowest BCUT2D eigenvalue weighted by molar-refractivity contribution is 0.188. The van der Waals surface area contributed by atoms with Crippen molar-refractivity contribution in [2.24, 2.45) is 0 Å². The first-order valence-electron chi connectivity index (χ1n) is 11.8. The Bertz CT molecular complexity index is 1370. The zero-order valence-electron chi connectivity index (χ0n) is 20.3. The number of fused-ring (bicyclic) bond motifs is 1. The van der Waals surface area contributed by atoms with Crippen molar-refractivity contribution in [2.45, 2.75) is 32.9 Å². The minimum atomic E-state index is -0.453. The fourth-order valence-electron chi connectivity index (χ4n) is 4.21. The van der Waals surface area contributed by atoms with Crippen LogP contribution in [0.4, 0.5) is 10.5 Å². The van der Waals surface area contributed by atoms with Gasteiger partial charge in [-0.3, -0.25) is 9.36 Å². The molecule has 0 fully saturated rings. The zero-order valence-corrected chi connectivity index (χ0v) is 20.3. The number of para-hydroxylation sites is 3. The van der Waals surface area contributed by atoms with Crippen LogP contribution in [0.25, 0.3) is 10.9 Å². The first kappa shape index (κ1) is 24.0. The lowest BCUT2D eigenvalue weighted by Crippen LogP contribution is -2.40. The number of anilines is 1. The number of carbonyl (C=O) groups excluding carboxylic acids is 1. The summed E-state index contributed by atoms with van der Waals surface area (Å²) in [6, 6.07) is 23.7. The Balaban J connectivity index is 1.76. The second-order valence-electron chi connectivity index (χ2n) is 8.36. The average molecular weight is 471 g/mol. The fourth-order valence-corrected chi connectivity index (χ4v) is 4.21. The van der Waals surface area contributed by atoms with Crippen LogP contribution in [0.3, 0.4) is 0 Å². The summed E-state index contributed by atoms with van der Waals surface area (Å²) >= 11 is 0. The fraction of sp³-hybridized carbons (Fsp3) is 0.250. The SMILES string of the molecule is CCCN(C(=O)Nc1ccccc1OC)C(C)c1nc2ccccc2c(=O)n1Cc1ccccc1. The molecule has 3 aromatic carbocycles. The van der Waals surface area contributed by atoms with Crippen LogP contribution >= 0.6 is 0 Å². The summed E-state index contributed by atoms with van der Waals surface area (Å²) in [5.74, 6) is 1.12. The van der Waals surface area contributed by atoms with Gasteiger partial charge in [0.15, 0.2) is 0 Å². The molecule has 0 spiro atoms. The van der Waals surface area contributed by atoms with Crippen molar-refractivity contribution in [2.75, 3.05) is 19.0 Å². The minimum Gasteiger partial charge on any atom is -0.495 e. The third kappa shape index (κ3) is 5.19. The van der Waals surface area contributed by atoms with Gasteiger partial charge in [-0.15, -0.1) is 0 Å². The molecule has 1 heterocycles. The van der Waals surface area contributed by atoms with Gasteiger partial charge in [0.2, 0.25) is 0 Å². The molecule has 0 aliphatic heterocycles. The average Bonchev–Trinajstić information content (AvgIpc) is 2.89. The molecule has 4 rings (SSSR count). The van der Waals surface area contributed by atoms with Crippen molar-refractivity contribution in [1.29, 1.82) is 0 Å². The second kappa shape index (κ2) is 10.9. The molecular formula is C28H30N4O3. The Labute approximate surface area is 205 Å². The molecule has 35 heavy (non-hydrogen) atoms. The molecule has 1 aromatic heterocycles. The number of methoxy groups -OCH3 is 1. The second-order valence-corrected chi connectivity index (χ2v) is 8.36. The maximum Gasteiger partial charge on any atom is 0.322 e. The van der Waals surface area contributed by atoms with Crippen molar-refractivity contribution in [3.8, 4) is 5.75 Å². The van der Waals surface area contributed by atoms with E-state index in [1.165, 1.54) is 0 Å². The molecule has 4 aromatic rings. The van der Waals surface area contributed by atoms with Crippen LogP contribution < -0.4 is 15.6 Å². The minimum absolute atomic E-state index is 0.122. The number of aromatic nitrogens is 2. The van der Waals surface area contributed by atoms with Gasteiger partial charge in [0.1, 0.15) is 11.6 Å². The summed E-state index contributed by atoms with van der Waals surface area (Å²) in [5, 5.41) is 3.52. The number of ether oxygens (including phenoxy) is 1. The highest BCUT2D eigenvalue weighted by Crippen LogP contribution is 2.26. The van der Waals surface area contributed by atoms with Gasteiger partial charge in [0, 0.05) is 6.54 Å². The molecular weight excluding hydrogens is 440 g/mol. The van der Waals surface area contributed by atoms with Crippen LogP contribution in [0, 0.1) is 0 Å². The number of nitrogens with one attached hydrogen (secondary N) is 1. The van der Waals surface area contributed by atoms with Crippen LogP contribution in [0.2, 0.25) is 0 Å². The van der Waals surface area contributed by atoms with E-state index >= 15 is 0 Å². The highest BCUT2D eigenvalue weighted by Gasteiger charge is 2.26. The monoisotopic (exact) mass is 470 g/mol. The van der Waals surface area contributed by atoms with Gasteiger partial charge in [-0.1, -0.05) is 61.5 Å². The van der Waals surface area contributed by atoms with E-state index in [0.717, 1.165) is 12.0 Å². The van der Waals surface area contributed by atoms with Crippen LogP contribution in [0.5, 0.6) is 5.75 Å². The molecule has 0 saturated carbocycles. The highest BCUT2D eigenvalue weighted by atomic mass is 16.5. The third-order valence-electron chi connectivity index (χ3n) is 5.99. The lowest BCUT2D eigenvalue weighted by atomic mass is 10.1. The van der Waals surface area contributed by atoms with Gasteiger partial charge in [-0.25, -0.2) is 9.78 Å². The molecule has 0 radical (unpaired) electrons.